The van der Waals surface area contributed by atoms with E-state index in [1.807, 2.05) is 13.8 Å². The highest BCUT2D eigenvalue weighted by Gasteiger charge is 2.61. The Morgan fingerprint density at radius 3 is 2.49 bits per heavy atom. The maximum atomic E-state index is 13.8. The van der Waals surface area contributed by atoms with Crippen LogP contribution >= 0.6 is 0 Å². The Morgan fingerprint density at radius 1 is 1.14 bits per heavy atom. The van der Waals surface area contributed by atoms with Crippen LogP contribution in [0.2, 0.25) is 0 Å². The zero-order valence-corrected chi connectivity index (χ0v) is 22.4. The molecular formula is C30H42O5. The second-order valence-electron chi connectivity index (χ2n) is 12.5. The highest BCUT2D eigenvalue weighted by molar-refractivity contribution is 6.11. The van der Waals surface area contributed by atoms with Crippen molar-refractivity contribution < 1.29 is 23.9 Å². The number of fused-ring (bicyclic) bond motifs is 4. The monoisotopic (exact) mass is 482 g/mol. The molecule has 0 aromatic carbocycles. The summed E-state index contributed by atoms with van der Waals surface area (Å²) in [6, 6.07) is 0. The molecule has 2 fully saturated rings. The van der Waals surface area contributed by atoms with Gasteiger partial charge in [0.15, 0.2) is 11.6 Å². The Hall–Kier alpha value is -2.04. The summed E-state index contributed by atoms with van der Waals surface area (Å²) in [7, 11) is 1.40. The van der Waals surface area contributed by atoms with Gasteiger partial charge in [-0.15, -0.1) is 0 Å². The van der Waals surface area contributed by atoms with Gasteiger partial charge in [-0.3, -0.25) is 19.2 Å². The van der Waals surface area contributed by atoms with Crippen LogP contribution in [-0.2, 0) is 23.9 Å². The van der Waals surface area contributed by atoms with Crippen LogP contribution in [0.4, 0.5) is 0 Å². The van der Waals surface area contributed by atoms with Crippen LogP contribution in [0.25, 0.3) is 0 Å². The number of rotatable bonds is 6. The number of allylic oxidation sites excluding steroid dienone is 2. The van der Waals surface area contributed by atoms with Gasteiger partial charge in [-0.2, -0.15) is 0 Å². The van der Waals surface area contributed by atoms with Gasteiger partial charge in [0.05, 0.1) is 13.0 Å². The molecule has 5 heteroatoms. The Balaban J connectivity index is 1.59. The van der Waals surface area contributed by atoms with E-state index in [4.69, 9.17) is 4.74 Å². The largest absolute Gasteiger partial charge is 0.469 e. The van der Waals surface area contributed by atoms with E-state index in [-0.39, 0.29) is 57.8 Å². The molecule has 8 atom stereocenters. The quantitative estimate of drug-likeness (QED) is 0.360. The summed E-state index contributed by atoms with van der Waals surface area (Å²) in [5, 5.41) is 0. The topological polar surface area (TPSA) is 77.5 Å². The Morgan fingerprint density at radius 2 is 1.83 bits per heavy atom. The number of methoxy groups -OCH3 is 1. The molecule has 0 radical (unpaired) electrons. The van der Waals surface area contributed by atoms with E-state index >= 15 is 0 Å². The fraction of sp³-hybridized carbons (Fsp3) is 0.733. The van der Waals surface area contributed by atoms with Crippen LogP contribution in [0.5, 0.6) is 0 Å². The van der Waals surface area contributed by atoms with E-state index in [2.05, 4.69) is 27.4 Å². The van der Waals surface area contributed by atoms with Crippen LogP contribution in [0.3, 0.4) is 0 Å². The van der Waals surface area contributed by atoms with Crippen LogP contribution in [0.15, 0.2) is 23.3 Å². The molecule has 35 heavy (non-hydrogen) atoms. The summed E-state index contributed by atoms with van der Waals surface area (Å²) in [5.41, 5.74) is 1.91. The molecule has 0 saturated heterocycles. The average molecular weight is 483 g/mol. The number of Topliss-reactive ketones (excluding diaryl/α,β-unsaturated/α-hetero) is 3. The summed E-state index contributed by atoms with van der Waals surface area (Å²) in [5.74, 6) is 0.522. The SMILES string of the molecule is C=C(CC[C@@H](C)C1CC[C@H]2C3=C(C(=O)C[C@]12C)[C@@]1(C)CCC(=O)[C@@H](C)[C@@H]1CC3=O)[C@H](C)C(=O)OC. The maximum Gasteiger partial charge on any atom is 0.312 e. The molecule has 4 aliphatic rings. The molecule has 192 valence electrons. The Bertz CT molecular complexity index is 1000. The molecule has 0 aromatic heterocycles. The minimum atomic E-state index is -0.361. The van der Waals surface area contributed by atoms with E-state index in [1.54, 1.807) is 0 Å². The zero-order chi connectivity index (χ0) is 25.9. The third-order valence-corrected chi connectivity index (χ3v) is 10.7. The fourth-order valence-electron chi connectivity index (χ4n) is 8.41. The highest BCUT2D eigenvalue weighted by Crippen LogP contribution is 2.64. The second kappa shape index (κ2) is 9.12. The molecule has 2 saturated carbocycles. The van der Waals surface area contributed by atoms with Gasteiger partial charge in [-0.05, 0) is 68.1 Å². The van der Waals surface area contributed by atoms with E-state index in [9.17, 15) is 19.2 Å². The lowest BCUT2D eigenvalue weighted by Crippen LogP contribution is -2.53. The molecule has 0 aliphatic heterocycles. The molecular weight excluding hydrogens is 440 g/mol. The van der Waals surface area contributed by atoms with Crippen molar-refractivity contribution in [3.8, 4) is 0 Å². The van der Waals surface area contributed by atoms with Gasteiger partial charge < -0.3 is 4.74 Å². The molecule has 4 rings (SSSR count). The van der Waals surface area contributed by atoms with Crippen molar-refractivity contribution >= 4 is 23.3 Å². The minimum Gasteiger partial charge on any atom is -0.469 e. The van der Waals surface area contributed by atoms with Gasteiger partial charge in [0.1, 0.15) is 5.78 Å². The molecule has 5 nitrogen and oxygen atoms in total. The summed E-state index contributed by atoms with van der Waals surface area (Å²) < 4.78 is 4.86. The highest BCUT2D eigenvalue weighted by atomic mass is 16.5. The normalized spacial score (nSPS) is 38.4. The van der Waals surface area contributed by atoms with Crippen molar-refractivity contribution in [1.82, 2.24) is 0 Å². The summed E-state index contributed by atoms with van der Waals surface area (Å²) in [6.07, 6.45) is 5.68. The molecule has 0 bridgehead atoms. The van der Waals surface area contributed by atoms with Gasteiger partial charge in [-0.25, -0.2) is 0 Å². The van der Waals surface area contributed by atoms with Gasteiger partial charge in [0.2, 0.25) is 0 Å². The molecule has 0 amide bonds. The molecule has 0 spiro atoms. The number of carbonyl (C=O) groups is 4. The van der Waals surface area contributed by atoms with Crippen molar-refractivity contribution in [1.29, 1.82) is 0 Å². The predicted molar refractivity (Wildman–Crippen MR) is 134 cm³/mol. The average Bonchev–Trinajstić information content (AvgIpc) is 3.16. The number of ether oxygens (including phenoxy) is 1. The summed E-state index contributed by atoms with van der Waals surface area (Å²) >= 11 is 0. The number of esters is 1. The summed E-state index contributed by atoms with van der Waals surface area (Å²) in [6.45, 7) is 14.5. The van der Waals surface area contributed by atoms with Crippen molar-refractivity contribution in [2.45, 2.75) is 86.0 Å². The molecule has 1 unspecified atom stereocenters. The van der Waals surface area contributed by atoms with E-state index < -0.39 is 0 Å². The van der Waals surface area contributed by atoms with Gasteiger partial charge in [-0.1, -0.05) is 39.8 Å². The molecule has 0 heterocycles. The van der Waals surface area contributed by atoms with Crippen LogP contribution in [0, 0.1) is 46.3 Å². The van der Waals surface area contributed by atoms with Crippen LogP contribution in [-0.4, -0.2) is 30.4 Å². The lowest BCUT2D eigenvalue weighted by Gasteiger charge is -2.53. The zero-order valence-electron chi connectivity index (χ0n) is 22.4. The number of ketones is 3. The van der Waals surface area contributed by atoms with Crippen molar-refractivity contribution in [3.63, 3.8) is 0 Å². The first-order chi connectivity index (χ1) is 16.4. The summed E-state index contributed by atoms with van der Waals surface area (Å²) in [4.78, 5) is 51.8. The minimum absolute atomic E-state index is 0.0535. The smallest absolute Gasteiger partial charge is 0.312 e. The Labute approximate surface area is 210 Å². The van der Waals surface area contributed by atoms with Gasteiger partial charge >= 0.3 is 5.97 Å². The van der Waals surface area contributed by atoms with Crippen LogP contribution < -0.4 is 0 Å². The molecule has 0 aromatic rings. The van der Waals surface area contributed by atoms with Crippen molar-refractivity contribution in [3.05, 3.63) is 23.3 Å². The third kappa shape index (κ3) is 3.97. The first kappa shape index (κ1) is 26.0. The predicted octanol–water partition coefficient (Wildman–Crippen LogP) is 5.66. The van der Waals surface area contributed by atoms with Crippen molar-refractivity contribution in [2.75, 3.05) is 7.11 Å². The first-order valence-corrected chi connectivity index (χ1v) is 13.5. The van der Waals surface area contributed by atoms with E-state index in [0.717, 1.165) is 42.4 Å². The second-order valence-corrected chi connectivity index (χ2v) is 12.5. The number of carbonyl (C=O) groups excluding carboxylic acids is 4. The van der Waals surface area contributed by atoms with Crippen molar-refractivity contribution in [2.24, 2.45) is 46.3 Å². The number of hydrogen-bond acceptors (Lipinski definition) is 5. The number of hydrogen-bond donors (Lipinski definition) is 0. The van der Waals surface area contributed by atoms with Gasteiger partial charge in [0.25, 0.3) is 0 Å². The van der Waals surface area contributed by atoms with Gasteiger partial charge in [0, 0.05) is 41.7 Å². The molecule has 0 N–H and O–H groups in total. The lowest BCUT2D eigenvalue weighted by molar-refractivity contribution is -0.143. The van der Waals surface area contributed by atoms with E-state index in [1.165, 1.54) is 7.11 Å². The maximum absolute atomic E-state index is 13.8. The lowest BCUT2D eigenvalue weighted by atomic mass is 9.48. The van der Waals surface area contributed by atoms with Crippen LogP contribution in [0.1, 0.15) is 86.0 Å². The fourth-order valence-corrected chi connectivity index (χ4v) is 8.41. The Kier molecular flexibility index (Phi) is 6.78. The first-order valence-electron chi connectivity index (χ1n) is 13.5. The third-order valence-electron chi connectivity index (χ3n) is 10.7. The standard InChI is InChI=1S/C30H42O5/c1-16(18(3)28(34)35-7)8-9-17(2)20-10-11-21-26-24(32)14-22-19(4)23(31)12-13-29(22,5)27(26)25(33)15-30(20,21)6/h17-22H,1,8-15H2,2-7H3/t17-,18+,19+,20?,21+,22+,29+,30-/m1/s1. The molecule has 4 aliphatic carbocycles. The van der Waals surface area contributed by atoms with E-state index in [0.29, 0.717) is 37.5 Å².